The van der Waals surface area contributed by atoms with Gasteiger partial charge in [-0.2, -0.15) is 4.98 Å². The van der Waals surface area contributed by atoms with Gasteiger partial charge in [0.25, 0.3) is 0 Å². The van der Waals surface area contributed by atoms with Crippen molar-refractivity contribution in [1.82, 2.24) is 14.9 Å². The fourth-order valence-corrected chi connectivity index (χ4v) is 4.09. The lowest BCUT2D eigenvalue weighted by atomic mass is 9.72. The van der Waals surface area contributed by atoms with Crippen LogP contribution >= 0.6 is 0 Å². The fourth-order valence-electron chi connectivity index (χ4n) is 4.09. The molecule has 2 aromatic rings. The number of amides is 1. The van der Waals surface area contributed by atoms with E-state index < -0.39 is 17.7 Å². The Kier molecular flexibility index (Phi) is 8.20. The average molecular weight is 522 g/mol. The van der Waals surface area contributed by atoms with E-state index in [-0.39, 0.29) is 23.4 Å². The number of aromatic nitrogens is 2. The second-order valence-electron chi connectivity index (χ2n) is 11.2. The molecule has 1 atom stereocenters. The molecular formula is C29H36FN5O3. The van der Waals surface area contributed by atoms with Gasteiger partial charge in [0.15, 0.2) is 5.78 Å². The molecule has 8 nitrogen and oxygen atoms in total. The molecule has 1 aromatic heterocycles. The summed E-state index contributed by atoms with van der Waals surface area (Å²) in [7, 11) is 1.60. The second kappa shape index (κ2) is 11.4. The molecule has 1 amide bonds. The van der Waals surface area contributed by atoms with Gasteiger partial charge in [-0.15, -0.1) is 0 Å². The van der Waals surface area contributed by atoms with Crippen LogP contribution in [0.15, 0.2) is 30.5 Å². The van der Waals surface area contributed by atoms with Gasteiger partial charge < -0.3 is 20.3 Å². The van der Waals surface area contributed by atoms with E-state index in [0.717, 1.165) is 31.2 Å². The van der Waals surface area contributed by atoms with Gasteiger partial charge in [-0.05, 0) is 83.6 Å². The van der Waals surface area contributed by atoms with E-state index in [9.17, 15) is 14.0 Å². The van der Waals surface area contributed by atoms with Crippen LogP contribution in [0.3, 0.4) is 0 Å². The fraction of sp³-hybridized carbons (Fsp3) is 0.517. The standard InChI is InChI=1S/C29H36FN5O3/c1-18(35(5)28(37)38-29(2,3)4)25(36)16-20-14-19(15-20)6-7-21-17-31-27(34-26(21)32-23-12-13-23)33-24-10-8-22(30)9-11-24/h8-11,17-20,23H,12-16H2,1-5H3,(H2,31,32,33,34)/t18-,19?,20?/m0/s1. The number of benzene rings is 1. The van der Waals surface area contributed by atoms with Crippen molar-refractivity contribution < 1.29 is 18.7 Å². The Morgan fingerprint density at radius 3 is 2.53 bits per heavy atom. The maximum absolute atomic E-state index is 13.2. The molecule has 0 bridgehead atoms. The lowest BCUT2D eigenvalue weighted by Gasteiger charge is -2.33. The summed E-state index contributed by atoms with van der Waals surface area (Å²) in [5.41, 5.74) is 0.824. The molecule has 1 aromatic carbocycles. The van der Waals surface area contributed by atoms with Gasteiger partial charge >= 0.3 is 6.09 Å². The molecule has 2 aliphatic carbocycles. The highest BCUT2D eigenvalue weighted by molar-refractivity contribution is 5.87. The van der Waals surface area contributed by atoms with Crippen molar-refractivity contribution in [3.8, 4) is 11.8 Å². The number of anilines is 3. The van der Waals surface area contributed by atoms with Crippen LogP contribution in [0.1, 0.15) is 65.4 Å². The lowest BCUT2D eigenvalue weighted by molar-refractivity contribution is -0.125. The Hall–Kier alpha value is -3.67. The number of hydrogen-bond acceptors (Lipinski definition) is 7. The summed E-state index contributed by atoms with van der Waals surface area (Å²) in [6.45, 7) is 7.15. The zero-order valence-electron chi connectivity index (χ0n) is 22.7. The quantitative estimate of drug-likeness (QED) is 0.441. The predicted octanol–water partition coefficient (Wildman–Crippen LogP) is 5.53. The minimum absolute atomic E-state index is 0.0309. The number of halogens is 1. The molecule has 1 heterocycles. The number of ketones is 1. The van der Waals surface area contributed by atoms with Crippen molar-refractivity contribution in [1.29, 1.82) is 0 Å². The van der Waals surface area contributed by atoms with E-state index in [4.69, 9.17) is 4.74 Å². The van der Waals surface area contributed by atoms with E-state index in [1.54, 1.807) is 53.1 Å². The summed E-state index contributed by atoms with van der Waals surface area (Å²) in [5, 5.41) is 6.52. The van der Waals surface area contributed by atoms with Gasteiger partial charge in [0.05, 0.1) is 17.8 Å². The Labute approximate surface area is 223 Å². The molecule has 202 valence electrons. The molecule has 4 rings (SSSR count). The molecule has 38 heavy (non-hydrogen) atoms. The van der Waals surface area contributed by atoms with Crippen molar-refractivity contribution in [2.45, 2.75) is 77.5 Å². The van der Waals surface area contributed by atoms with Crippen LogP contribution in [-0.2, 0) is 9.53 Å². The van der Waals surface area contributed by atoms with Crippen molar-refractivity contribution >= 4 is 29.3 Å². The molecule has 0 saturated heterocycles. The van der Waals surface area contributed by atoms with Gasteiger partial charge in [-0.1, -0.05) is 11.8 Å². The first kappa shape index (κ1) is 27.4. The Balaban J connectivity index is 1.31. The average Bonchev–Trinajstić information content (AvgIpc) is 3.64. The number of nitrogens with one attached hydrogen (secondary N) is 2. The molecule has 2 saturated carbocycles. The molecule has 9 heteroatoms. The number of ether oxygens (including phenoxy) is 1. The SMILES string of the molecule is C[C@@H](C(=O)CC1CC(C#Cc2cnc(Nc3ccc(F)cc3)nc2NC2CC2)C1)N(C)C(=O)OC(C)(C)C. The minimum atomic E-state index is -0.605. The lowest BCUT2D eigenvalue weighted by Crippen LogP contribution is -2.44. The first-order valence-corrected chi connectivity index (χ1v) is 13.1. The van der Waals surface area contributed by atoms with Crippen LogP contribution in [0.5, 0.6) is 0 Å². The van der Waals surface area contributed by atoms with Crippen LogP contribution in [0.25, 0.3) is 0 Å². The van der Waals surface area contributed by atoms with Crippen LogP contribution in [0.2, 0.25) is 0 Å². The highest BCUT2D eigenvalue weighted by Crippen LogP contribution is 2.36. The maximum Gasteiger partial charge on any atom is 0.410 e. The van der Waals surface area contributed by atoms with E-state index in [1.807, 2.05) is 0 Å². The normalized spacial score (nSPS) is 19.3. The van der Waals surface area contributed by atoms with Gasteiger partial charge in [-0.25, -0.2) is 14.2 Å². The third kappa shape index (κ3) is 7.67. The Bertz CT molecular complexity index is 1220. The van der Waals surface area contributed by atoms with Gasteiger partial charge in [0.1, 0.15) is 17.2 Å². The number of hydrogen-bond donors (Lipinski definition) is 2. The summed E-state index contributed by atoms with van der Waals surface area (Å²) in [6, 6.07) is 5.88. The largest absolute Gasteiger partial charge is 0.444 e. The smallest absolute Gasteiger partial charge is 0.410 e. The number of Topliss-reactive ketones (excluding diaryl/α,β-unsaturated/α-hetero) is 1. The monoisotopic (exact) mass is 521 g/mol. The number of carbonyl (C=O) groups excluding carboxylic acids is 2. The second-order valence-corrected chi connectivity index (χ2v) is 11.2. The van der Waals surface area contributed by atoms with E-state index in [1.165, 1.54) is 17.0 Å². The Morgan fingerprint density at radius 1 is 1.21 bits per heavy atom. The highest BCUT2D eigenvalue weighted by atomic mass is 19.1. The minimum Gasteiger partial charge on any atom is -0.444 e. The molecular weight excluding hydrogens is 485 g/mol. The van der Waals surface area contributed by atoms with Crippen molar-refractivity contribution in [2.24, 2.45) is 11.8 Å². The summed E-state index contributed by atoms with van der Waals surface area (Å²) in [5.74, 6) is 7.84. The molecule has 0 unspecified atom stereocenters. The summed E-state index contributed by atoms with van der Waals surface area (Å²) in [4.78, 5) is 35.4. The maximum atomic E-state index is 13.2. The van der Waals surface area contributed by atoms with Gasteiger partial charge in [0.2, 0.25) is 5.95 Å². The number of carbonyl (C=O) groups is 2. The number of rotatable bonds is 8. The summed E-state index contributed by atoms with van der Waals surface area (Å²) in [6.07, 6.45) is 5.51. The summed E-state index contributed by atoms with van der Waals surface area (Å²) >= 11 is 0. The summed E-state index contributed by atoms with van der Waals surface area (Å²) < 4.78 is 18.6. The molecule has 2 N–H and O–H groups in total. The first-order chi connectivity index (χ1) is 18.0. The van der Waals surface area contributed by atoms with Gasteiger partial charge in [-0.3, -0.25) is 4.79 Å². The predicted molar refractivity (Wildman–Crippen MR) is 145 cm³/mol. The molecule has 0 spiro atoms. The third-order valence-electron chi connectivity index (χ3n) is 6.67. The molecule has 2 fully saturated rings. The first-order valence-electron chi connectivity index (χ1n) is 13.1. The van der Waals surface area contributed by atoms with Crippen LogP contribution in [0, 0.1) is 29.5 Å². The topological polar surface area (TPSA) is 96.5 Å². The van der Waals surface area contributed by atoms with Crippen LogP contribution in [0.4, 0.5) is 26.6 Å². The van der Waals surface area contributed by atoms with E-state index >= 15 is 0 Å². The molecule has 2 aliphatic rings. The van der Waals surface area contributed by atoms with Crippen molar-refractivity contribution in [3.63, 3.8) is 0 Å². The van der Waals surface area contributed by atoms with E-state index in [0.29, 0.717) is 29.9 Å². The number of likely N-dealkylation sites (N-methyl/N-ethyl adjacent to an activating group) is 1. The van der Waals surface area contributed by atoms with Gasteiger partial charge in [0, 0.05) is 31.1 Å². The van der Waals surface area contributed by atoms with Crippen molar-refractivity contribution in [2.75, 3.05) is 17.7 Å². The zero-order chi connectivity index (χ0) is 27.4. The van der Waals surface area contributed by atoms with Crippen LogP contribution < -0.4 is 10.6 Å². The molecule has 0 aliphatic heterocycles. The number of nitrogens with zero attached hydrogens (tertiary/aromatic N) is 3. The van der Waals surface area contributed by atoms with Crippen molar-refractivity contribution in [3.05, 3.63) is 41.8 Å². The van der Waals surface area contributed by atoms with E-state index in [2.05, 4.69) is 32.4 Å². The Morgan fingerprint density at radius 2 is 1.89 bits per heavy atom. The zero-order valence-corrected chi connectivity index (χ0v) is 22.7. The highest BCUT2D eigenvalue weighted by Gasteiger charge is 2.33. The third-order valence-corrected chi connectivity index (χ3v) is 6.67. The molecule has 0 radical (unpaired) electrons. The van der Waals surface area contributed by atoms with Crippen LogP contribution in [-0.4, -0.2) is 51.5 Å².